The van der Waals surface area contributed by atoms with E-state index in [0.717, 1.165) is 37.9 Å². The maximum Gasteiger partial charge on any atom is 0.274 e. The van der Waals surface area contributed by atoms with Crippen molar-refractivity contribution in [3.63, 3.8) is 0 Å². The molecule has 0 radical (unpaired) electrons. The molecule has 7 nitrogen and oxygen atoms in total. The standard InChI is InChI=1S/C22H22N4O3/c27-21(24-14-16-7-6-10-23-13-16)19-20(29-15-25-19)17-8-2-3-9-18(17)22(28)26-11-4-1-5-12-26/h2-3,6-10,13,15H,1,4-5,11-12,14H2,(H,24,27). The molecule has 0 spiro atoms. The Balaban J connectivity index is 1.58. The molecule has 29 heavy (non-hydrogen) atoms. The van der Waals surface area contributed by atoms with Crippen LogP contribution in [0.2, 0.25) is 0 Å². The summed E-state index contributed by atoms with van der Waals surface area (Å²) in [6.45, 7) is 1.83. The Morgan fingerprint density at radius 1 is 1.07 bits per heavy atom. The molecule has 3 aromatic rings. The number of amides is 2. The van der Waals surface area contributed by atoms with E-state index in [2.05, 4.69) is 15.3 Å². The van der Waals surface area contributed by atoms with E-state index in [9.17, 15) is 9.59 Å². The van der Waals surface area contributed by atoms with Crippen LogP contribution in [0.5, 0.6) is 0 Å². The van der Waals surface area contributed by atoms with Crippen molar-refractivity contribution in [3.8, 4) is 11.3 Å². The Morgan fingerprint density at radius 3 is 2.69 bits per heavy atom. The minimum atomic E-state index is -0.363. The Hall–Kier alpha value is -3.48. The summed E-state index contributed by atoms with van der Waals surface area (Å²) in [6.07, 6.45) is 7.77. The fraction of sp³-hybridized carbons (Fsp3) is 0.273. The average Bonchev–Trinajstić information content (AvgIpc) is 3.28. The van der Waals surface area contributed by atoms with E-state index in [4.69, 9.17) is 4.42 Å². The molecule has 1 saturated heterocycles. The zero-order valence-electron chi connectivity index (χ0n) is 16.0. The molecule has 0 atom stereocenters. The van der Waals surface area contributed by atoms with Gasteiger partial charge in [-0.25, -0.2) is 4.98 Å². The normalized spacial score (nSPS) is 13.9. The molecule has 0 bridgehead atoms. The van der Waals surface area contributed by atoms with E-state index >= 15 is 0 Å². The first-order valence-corrected chi connectivity index (χ1v) is 9.73. The number of aromatic nitrogens is 2. The first-order chi connectivity index (χ1) is 14.2. The lowest BCUT2D eigenvalue weighted by molar-refractivity contribution is 0.0724. The lowest BCUT2D eigenvalue weighted by Gasteiger charge is -2.27. The number of oxazole rings is 1. The monoisotopic (exact) mass is 390 g/mol. The number of carbonyl (C=O) groups excluding carboxylic acids is 2. The van der Waals surface area contributed by atoms with Crippen molar-refractivity contribution in [2.24, 2.45) is 0 Å². The molecule has 1 aliphatic heterocycles. The Morgan fingerprint density at radius 2 is 1.90 bits per heavy atom. The summed E-state index contributed by atoms with van der Waals surface area (Å²) in [5.41, 5.74) is 2.14. The zero-order chi connectivity index (χ0) is 20.1. The maximum atomic E-state index is 13.1. The second kappa shape index (κ2) is 8.68. The number of piperidine rings is 1. The van der Waals surface area contributed by atoms with Gasteiger partial charge in [0.1, 0.15) is 0 Å². The summed E-state index contributed by atoms with van der Waals surface area (Å²) in [6, 6.07) is 10.9. The Bertz CT molecular complexity index is 994. The second-order valence-electron chi connectivity index (χ2n) is 6.97. The number of carbonyl (C=O) groups is 2. The molecule has 2 amide bonds. The molecular weight excluding hydrogens is 368 g/mol. The van der Waals surface area contributed by atoms with Crippen LogP contribution >= 0.6 is 0 Å². The fourth-order valence-corrected chi connectivity index (χ4v) is 3.50. The smallest absolute Gasteiger partial charge is 0.274 e. The van der Waals surface area contributed by atoms with E-state index in [1.807, 2.05) is 29.2 Å². The van der Waals surface area contributed by atoms with E-state index in [1.54, 1.807) is 24.5 Å². The van der Waals surface area contributed by atoms with Crippen molar-refractivity contribution in [1.29, 1.82) is 0 Å². The maximum absolute atomic E-state index is 13.1. The van der Waals surface area contributed by atoms with E-state index in [-0.39, 0.29) is 17.5 Å². The number of nitrogens with one attached hydrogen (secondary N) is 1. The summed E-state index contributed by atoms with van der Waals surface area (Å²) in [4.78, 5) is 35.8. The van der Waals surface area contributed by atoms with Gasteiger partial charge in [0.15, 0.2) is 17.8 Å². The topological polar surface area (TPSA) is 88.3 Å². The van der Waals surface area contributed by atoms with Gasteiger partial charge in [-0.15, -0.1) is 0 Å². The number of benzene rings is 1. The van der Waals surface area contributed by atoms with Crippen LogP contribution in [0.15, 0.2) is 59.6 Å². The van der Waals surface area contributed by atoms with Gasteiger partial charge in [0.05, 0.1) is 5.56 Å². The summed E-state index contributed by atoms with van der Waals surface area (Å²) in [5, 5.41) is 2.83. The minimum absolute atomic E-state index is 0.0431. The predicted octanol–water partition coefficient (Wildman–Crippen LogP) is 3.29. The van der Waals surface area contributed by atoms with Crippen LogP contribution in [0.4, 0.5) is 0 Å². The molecule has 0 aliphatic carbocycles. The Labute approximate surface area is 168 Å². The summed E-state index contributed by atoms with van der Waals surface area (Å²) in [5.74, 6) is -0.106. The van der Waals surface area contributed by atoms with Crippen molar-refractivity contribution in [2.75, 3.05) is 13.1 Å². The first kappa shape index (κ1) is 18.9. The lowest BCUT2D eigenvalue weighted by Crippen LogP contribution is -2.35. The molecule has 0 saturated carbocycles. The van der Waals surface area contributed by atoms with Gasteiger partial charge in [0.25, 0.3) is 11.8 Å². The number of rotatable bonds is 5. The van der Waals surface area contributed by atoms with Crippen LogP contribution in [-0.2, 0) is 6.54 Å². The van der Waals surface area contributed by atoms with Crippen LogP contribution in [0.1, 0.15) is 45.7 Å². The molecule has 1 fully saturated rings. The summed E-state index contributed by atoms with van der Waals surface area (Å²) < 4.78 is 5.55. The number of hydrogen-bond acceptors (Lipinski definition) is 5. The van der Waals surface area contributed by atoms with Gasteiger partial charge in [-0.2, -0.15) is 0 Å². The SMILES string of the molecule is O=C(NCc1cccnc1)c1ncoc1-c1ccccc1C(=O)N1CCCCC1. The summed E-state index contributed by atoms with van der Waals surface area (Å²) in [7, 11) is 0. The predicted molar refractivity (Wildman–Crippen MR) is 107 cm³/mol. The van der Waals surface area contributed by atoms with Crippen molar-refractivity contribution >= 4 is 11.8 Å². The van der Waals surface area contributed by atoms with Crippen LogP contribution in [0.25, 0.3) is 11.3 Å². The van der Waals surface area contributed by atoms with Gasteiger partial charge in [-0.3, -0.25) is 14.6 Å². The minimum Gasteiger partial charge on any atom is -0.443 e. The van der Waals surface area contributed by atoms with Crippen LogP contribution < -0.4 is 5.32 Å². The van der Waals surface area contributed by atoms with Crippen molar-refractivity contribution in [3.05, 3.63) is 72.0 Å². The molecule has 1 N–H and O–H groups in total. The molecule has 7 heteroatoms. The van der Waals surface area contributed by atoms with Crippen molar-refractivity contribution in [1.82, 2.24) is 20.2 Å². The third-order valence-electron chi connectivity index (χ3n) is 5.00. The third kappa shape index (κ3) is 4.18. The van der Waals surface area contributed by atoms with Gasteiger partial charge in [-0.05, 0) is 37.0 Å². The third-order valence-corrected chi connectivity index (χ3v) is 5.00. The molecule has 3 heterocycles. The lowest BCUT2D eigenvalue weighted by atomic mass is 10.0. The molecule has 0 unspecified atom stereocenters. The average molecular weight is 390 g/mol. The van der Waals surface area contributed by atoms with Gasteiger partial charge in [-0.1, -0.05) is 24.3 Å². The van der Waals surface area contributed by atoms with Crippen LogP contribution in [-0.4, -0.2) is 39.8 Å². The molecular formula is C22H22N4O3. The second-order valence-corrected chi connectivity index (χ2v) is 6.97. The molecule has 4 rings (SSSR count). The van der Waals surface area contributed by atoms with Gasteiger partial charge >= 0.3 is 0 Å². The number of pyridine rings is 1. The fourth-order valence-electron chi connectivity index (χ4n) is 3.50. The van der Waals surface area contributed by atoms with Gasteiger partial charge in [0, 0.05) is 37.6 Å². The quantitative estimate of drug-likeness (QED) is 0.722. The van der Waals surface area contributed by atoms with Crippen molar-refractivity contribution in [2.45, 2.75) is 25.8 Å². The number of hydrogen-bond donors (Lipinski definition) is 1. The largest absolute Gasteiger partial charge is 0.443 e. The number of nitrogens with zero attached hydrogens (tertiary/aromatic N) is 3. The van der Waals surface area contributed by atoms with E-state index in [1.165, 1.54) is 6.39 Å². The van der Waals surface area contributed by atoms with Gasteiger partial charge < -0.3 is 14.6 Å². The highest BCUT2D eigenvalue weighted by atomic mass is 16.3. The zero-order valence-corrected chi connectivity index (χ0v) is 16.0. The molecule has 148 valence electrons. The molecule has 1 aromatic carbocycles. The molecule has 2 aromatic heterocycles. The highest BCUT2D eigenvalue weighted by Gasteiger charge is 2.25. The van der Waals surface area contributed by atoms with E-state index in [0.29, 0.717) is 23.4 Å². The molecule has 1 aliphatic rings. The van der Waals surface area contributed by atoms with Crippen molar-refractivity contribution < 1.29 is 14.0 Å². The highest BCUT2D eigenvalue weighted by molar-refractivity contribution is 6.04. The van der Waals surface area contributed by atoms with Crippen LogP contribution in [0, 0.1) is 0 Å². The number of likely N-dealkylation sites (tertiary alicyclic amines) is 1. The van der Waals surface area contributed by atoms with Gasteiger partial charge in [0.2, 0.25) is 0 Å². The van der Waals surface area contributed by atoms with E-state index < -0.39 is 0 Å². The first-order valence-electron chi connectivity index (χ1n) is 9.73. The summed E-state index contributed by atoms with van der Waals surface area (Å²) >= 11 is 0. The highest BCUT2D eigenvalue weighted by Crippen LogP contribution is 2.28. The van der Waals surface area contributed by atoms with Crippen LogP contribution in [0.3, 0.4) is 0 Å². The Kier molecular flexibility index (Phi) is 5.65.